The third-order valence-corrected chi connectivity index (χ3v) is 3.77. The highest BCUT2D eigenvalue weighted by atomic mass is 16.2. The van der Waals surface area contributed by atoms with E-state index in [1.54, 1.807) is 6.20 Å². The molecule has 0 aliphatic carbocycles. The fourth-order valence-electron chi connectivity index (χ4n) is 2.61. The van der Waals surface area contributed by atoms with Gasteiger partial charge in [0.05, 0.1) is 11.3 Å². The maximum Gasteiger partial charge on any atom is 0.257 e. The van der Waals surface area contributed by atoms with Gasteiger partial charge < -0.3 is 15.1 Å². The Balaban J connectivity index is 1.86. The lowest BCUT2D eigenvalue weighted by molar-refractivity contribution is 0.0746. The Kier molecular flexibility index (Phi) is 3.33. The molecule has 19 heavy (non-hydrogen) atoms. The molecule has 1 amide bonds. The van der Waals surface area contributed by atoms with Crippen LogP contribution in [0.1, 0.15) is 23.0 Å². The fraction of sp³-hybridized carbons (Fsp3) is 0.615. The number of rotatable bonds is 2. The molecular weight excluding hydrogens is 242 g/mol. The predicted octanol–water partition coefficient (Wildman–Crippen LogP) is -0.0956. The average molecular weight is 261 g/mol. The van der Waals surface area contributed by atoms with E-state index in [-0.39, 0.29) is 5.91 Å². The van der Waals surface area contributed by atoms with Crippen molar-refractivity contribution < 1.29 is 4.79 Å². The monoisotopic (exact) mass is 261 g/mol. The Bertz CT molecular complexity index is 484. The summed E-state index contributed by atoms with van der Waals surface area (Å²) in [6.07, 6.45) is 2.53. The maximum atomic E-state index is 12.2. The molecule has 1 N–H and O–H groups in total. The van der Waals surface area contributed by atoms with Crippen LogP contribution >= 0.6 is 0 Å². The Morgan fingerprint density at radius 3 is 2.84 bits per heavy atom. The Hall–Kier alpha value is -1.69. The molecule has 1 saturated heterocycles. The summed E-state index contributed by atoms with van der Waals surface area (Å²) in [4.78, 5) is 25.1. The van der Waals surface area contributed by atoms with Gasteiger partial charge in [0.25, 0.3) is 5.91 Å². The number of piperazine rings is 1. The first kappa shape index (κ1) is 12.3. The van der Waals surface area contributed by atoms with Gasteiger partial charge >= 0.3 is 0 Å². The highest BCUT2D eigenvalue weighted by molar-refractivity contribution is 5.96. The number of anilines is 1. The van der Waals surface area contributed by atoms with Crippen LogP contribution in [0.25, 0.3) is 0 Å². The number of carbonyl (C=O) groups excluding carboxylic acids is 1. The molecule has 1 fully saturated rings. The van der Waals surface area contributed by atoms with Crippen LogP contribution in [0.4, 0.5) is 5.95 Å². The quantitative estimate of drug-likeness (QED) is 0.806. The van der Waals surface area contributed by atoms with Crippen LogP contribution < -0.4 is 10.2 Å². The summed E-state index contributed by atoms with van der Waals surface area (Å²) in [7, 11) is 0. The number of amides is 1. The third kappa shape index (κ3) is 2.28. The molecular formula is C13H19N5O. The molecule has 0 radical (unpaired) electrons. The van der Waals surface area contributed by atoms with Crippen molar-refractivity contribution in [2.24, 2.45) is 0 Å². The molecule has 6 nitrogen and oxygen atoms in total. The second-order valence-electron chi connectivity index (χ2n) is 4.90. The van der Waals surface area contributed by atoms with Gasteiger partial charge in [-0.2, -0.15) is 0 Å². The van der Waals surface area contributed by atoms with E-state index in [1.165, 1.54) is 0 Å². The van der Waals surface area contributed by atoms with E-state index < -0.39 is 0 Å². The third-order valence-electron chi connectivity index (χ3n) is 3.77. The van der Waals surface area contributed by atoms with Crippen LogP contribution in [0.15, 0.2) is 6.20 Å². The first-order valence-corrected chi connectivity index (χ1v) is 6.90. The van der Waals surface area contributed by atoms with Crippen LogP contribution in [0.2, 0.25) is 0 Å². The van der Waals surface area contributed by atoms with Crippen LogP contribution in [-0.4, -0.2) is 60.0 Å². The second kappa shape index (κ2) is 5.13. The number of fused-ring (bicyclic) bond motifs is 1. The van der Waals surface area contributed by atoms with Gasteiger partial charge in [0, 0.05) is 51.9 Å². The molecule has 3 heterocycles. The molecule has 1 aromatic heterocycles. The number of carbonyl (C=O) groups is 1. The van der Waals surface area contributed by atoms with Gasteiger partial charge in [0.2, 0.25) is 5.95 Å². The van der Waals surface area contributed by atoms with Crippen LogP contribution in [0.5, 0.6) is 0 Å². The van der Waals surface area contributed by atoms with E-state index in [9.17, 15) is 4.79 Å². The van der Waals surface area contributed by atoms with Gasteiger partial charge in [0.1, 0.15) is 0 Å². The average Bonchev–Trinajstić information content (AvgIpc) is 2.48. The second-order valence-corrected chi connectivity index (χ2v) is 4.90. The van der Waals surface area contributed by atoms with E-state index in [1.807, 2.05) is 11.8 Å². The topological polar surface area (TPSA) is 61.4 Å². The molecule has 2 aliphatic rings. The fourth-order valence-corrected chi connectivity index (χ4v) is 2.61. The van der Waals surface area contributed by atoms with Crippen molar-refractivity contribution in [2.45, 2.75) is 13.3 Å². The highest BCUT2D eigenvalue weighted by Gasteiger charge is 2.26. The van der Waals surface area contributed by atoms with Crippen molar-refractivity contribution in [1.82, 2.24) is 20.2 Å². The van der Waals surface area contributed by atoms with Crippen molar-refractivity contribution in [3.05, 3.63) is 17.5 Å². The summed E-state index contributed by atoms with van der Waals surface area (Å²) >= 11 is 0. The summed E-state index contributed by atoms with van der Waals surface area (Å²) in [6, 6.07) is 0. The molecule has 0 spiro atoms. The lowest BCUT2D eigenvalue weighted by Crippen LogP contribution is -2.44. The van der Waals surface area contributed by atoms with Gasteiger partial charge in [-0.3, -0.25) is 4.79 Å². The van der Waals surface area contributed by atoms with Crippen LogP contribution in [0, 0.1) is 0 Å². The zero-order valence-corrected chi connectivity index (χ0v) is 11.2. The maximum absolute atomic E-state index is 12.2. The van der Waals surface area contributed by atoms with Gasteiger partial charge in [0.15, 0.2) is 0 Å². The lowest BCUT2D eigenvalue weighted by atomic mass is 10.1. The number of nitrogens with one attached hydrogen (secondary N) is 1. The molecule has 0 atom stereocenters. The molecule has 0 bridgehead atoms. The molecule has 2 aliphatic heterocycles. The van der Waals surface area contributed by atoms with Crippen molar-refractivity contribution in [2.75, 3.05) is 44.2 Å². The standard InChI is InChI=1S/C13H19N5O/c1-2-17-6-3-11-10(12(17)19)9-15-13(16-11)18-7-4-14-5-8-18/h9,14H,2-8H2,1H3. The summed E-state index contributed by atoms with van der Waals surface area (Å²) in [5, 5.41) is 3.31. The van der Waals surface area contributed by atoms with Gasteiger partial charge in [-0.05, 0) is 6.92 Å². The summed E-state index contributed by atoms with van der Waals surface area (Å²) in [6.45, 7) is 7.28. The number of aromatic nitrogens is 2. The number of hydrogen-bond acceptors (Lipinski definition) is 5. The molecule has 102 valence electrons. The Labute approximate surface area is 112 Å². The van der Waals surface area contributed by atoms with Gasteiger partial charge in [-0.1, -0.05) is 0 Å². The summed E-state index contributed by atoms with van der Waals surface area (Å²) < 4.78 is 0. The first-order chi connectivity index (χ1) is 9.29. The van der Waals surface area contributed by atoms with E-state index in [0.717, 1.165) is 57.3 Å². The number of hydrogen-bond donors (Lipinski definition) is 1. The Morgan fingerprint density at radius 2 is 2.11 bits per heavy atom. The minimum absolute atomic E-state index is 0.0654. The van der Waals surface area contributed by atoms with E-state index in [2.05, 4.69) is 20.2 Å². The SMILES string of the molecule is CCN1CCc2nc(N3CCNCC3)ncc2C1=O. The summed E-state index contributed by atoms with van der Waals surface area (Å²) in [5.74, 6) is 0.827. The Morgan fingerprint density at radius 1 is 1.32 bits per heavy atom. The largest absolute Gasteiger partial charge is 0.338 e. The van der Waals surface area contributed by atoms with Crippen molar-refractivity contribution in [3.8, 4) is 0 Å². The van der Waals surface area contributed by atoms with Crippen LogP contribution in [0.3, 0.4) is 0 Å². The van der Waals surface area contributed by atoms with E-state index in [0.29, 0.717) is 5.56 Å². The number of likely N-dealkylation sites (N-methyl/N-ethyl adjacent to an activating group) is 1. The van der Waals surface area contributed by atoms with Gasteiger partial charge in [-0.25, -0.2) is 9.97 Å². The van der Waals surface area contributed by atoms with Crippen molar-refractivity contribution >= 4 is 11.9 Å². The van der Waals surface area contributed by atoms with Crippen molar-refractivity contribution in [3.63, 3.8) is 0 Å². The zero-order chi connectivity index (χ0) is 13.2. The first-order valence-electron chi connectivity index (χ1n) is 6.90. The van der Waals surface area contributed by atoms with Gasteiger partial charge in [-0.15, -0.1) is 0 Å². The zero-order valence-electron chi connectivity index (χ0n) is 11.2. The minimum atomic E-state index is 0.0654. The smallest absolute Gasteiger partial charge is 0.257 e. The minimum Gasteiger partial charge on any atom is -0.338 e. The lowest BCUT2D eigenvalue weighted by Gasteiger charge is -2.30. The van der Waals surface area contributed by atoms with E-state index >= 15 is 0 Å². The van der Waals surface area contributed by atoms with Crippen molar-refractivity contribution in [1.29, 1.82) is 0 Å². The number of nitrogens with zero attached hydrogens (tertiary/aromatic N) is 4. The van der Waals surface area contributed by atoms with E-state index in [4.69, 9.17) is 0 Å². The normalized spacial score (nSPS) is 19.5. The molecule has 3 rings (SSSR count). The molecule has 0 unspecified atom stereocenters. The molecule has 6 heteroatoms. The molecule has 1 aromatic rings. The van der Waals surface area contributed by atoms with Crippen LogP contribution in [-0.2, 0) is 6.42 Å². The molecule has 0 saturated carbocycles. The highest BCUT2D eigenvalue weighted by Crippen LogP contribution is 2.19. The summed E-state index contributed by atoms with van der Waals surface area (Å²) in [5.41, 5.74) is 1.57. The molecule has 0 aromatic carbocycles. The predicted molar refractivity (Wildman–Crippen MR) is 72.4 cm³/mol.